The summed E-state index contributed by atoms with van der Waals surface area (Å²) in [5, 5.41) is 2.53. The fourth-order valence-corrected chi connectivity index (χ4v) is 5.11. The van der Waals surface area contributed by atoms with Gasteiger partial charge >= 0.3 is 18.0 Å². The molecule has 0 aliphatic carbocycles. The zero-order valence-corrected chi connectivity index (χ0v) is 25.0. The fourth-order valence-electron chi connectivity index (χ4n) is 5.11. The lowest BCUT2D eigenvalue weighted by molar-refractivity contribution is -0.163. The van der Waals surface area contributed by atoms with E-state index in [9.17, 15) is 14.4 Å². The number of aryl methyl sites for hydroxylation is 1. The Kier molecular flexibility index (Phi) is 13.8. The number of aromatic nitrogens is 1. The zero-order chi connectivity index (χ0) is 30.3. The number of cyclic esters (lactones) is 1. The van der Waals surface area contributed by atoms with E-state index in [1.54, 1.807) is 31.6 Å². The minimum Gasteiger partial charge on any atom is -0.462 e. The molecule has 1 amide bonds. The minimum absolute atomic E-state index is 0.0567. The summed E-state index contributed by atoms with van der Waals surface area (Å²) in [6, 6.07) is 0. The molecule has 232 valence electrons. The van der Waals surface area contributed by atoms with E-state index in [0.717, 1.165) is 24.1 Å². The summed E-state index contributed by atoms with van der Waals surface area (Å²) >= 11 is 0. The number of rotatable bonds is 11. The van der Waals surface area contributed by atoms with Crippen LogP contribution < -0.4 is 5.32 Å². The lowest BCUT2D eigenvalue weighted by atomic mass is 9.95. The van der Waals surface area contributed by atoms with E-state index < -0.39 is 18.2 Å². The van der Waals surface area contributed by atoms with Crippen molar-refractivity contribution in [2.24, 2.45) is 0 Å². The van der Waals surface area contributed by atoms with Gasteiger partial charge in [0.2, 0.25) is 5.89 Å². The van der Waals surface area contributed by atoms with E-state index in [1.165, 1.54) is 13.2 Å². The minimum atomic E-state index is -0.516. The molecule has 42 heavy (non-hydrogen) atoms. The Labute approximate surface area is 247 Å². The lowest BCUT2D eigenvalue weighted by Crippen LogP contribution is -2.39. The maximum atomic E-state index is 12.8. The summed E-state index contributed by atoms with van der Waals surface area (Å²) in [5.74, 6) is -0.320. The molecule has 0 saturated carbocycles. The van der Waals surface area contributed by atoms with Crippen LogP contribution in [0.5, 0.6) is 0 Å². The van der Waals surface area contributed by atoms with Crippen LogP contribution in [0.1, 0.15) is 76.8 Å². The van der Waals surface area contributed by atoms with Crippen LogP contribution in [0.4, 0.5) is 4.79 Å². The standard InChI is InChI=1S/C31H44N2O9/c1-5-9-23-16-24(37-3)14-21(2)15-25-17-26(18-27(40-25)19-30(35)41-23)42-29(34)12-7-6-10-22-20-39-28(33-22)11-8-13-32-31(36)38-4/h7-8,11-12,15,20,23-27H,5-6,9-10,13-14,16-19H2,1-4H3,(H,32,36)/b11-8-,12-7-,21-15-/t23-,24-,25+,26+,27-/m1/s1. The number of allylic oxidation sites excluding steroid dienone is 1. The number of hydrogen-bond acceptors (Lipinski definition) is 10. The first-order valence-electron chi connectivity index (χ1n) is 14.6. The van der Waals surface area contributed by atoms with E-state index in [1.807, 2.05) is 6.92 Å². The number of fused-ring (bicyclic) bond motifs is 2. The van der Waals surface area contributed by atoms with Crippen LogP contribution in [-0.4, -0.2) is 74.3 Å². The molecule has 2 aliphatic rings. The molecule has 0 unspecified atom stereocenters. The van der Waals surface area contributed by atoms with Gasteiger partial charge in [-0.1, -0.05) is 37.1 Å². The lowest BCUT2D eigenvalue weighted by Gasteiger charge is -2.34. The number of alkyl carbamates (subject to hydrolysis) is 1. The number of hydrogen-bond donors (Lipinski definition) is 1. The van der Waals surface area contributed by atoms with Crippen molar-refractivity contribution >= 4 is 24.1 Å². The van der Waals surface area contributed by atoms with Gasteiger partial charge in [-0.2, -0.15) is 0 Å². The van der Waals surface area contributed by atoms with E-state index >= 15 is 0 Å². The second-order valence-corrected chi connectivity index (χ2v) is 10.6. The molecule has 2 aliphatic heterocycles. The normalized spacial score (nSPS) is 26.5. The smallest absolute Gasteiger partial charge is 0.407 e. The summed E-state index contributed by atoms with van der Waals surface area (Å²) in [4.78, 5) is 40.8. The van der Waals surface area contributed by atoms with Gasteiger partial charge in [-0.3, -0.25) is 4.79 Å². The topological polar surface area (TPSA) is 135 Å². The molecule has 0 aromatic carbocycles. The van der Waals surface area contributed by atoms with Crippen molar-refractivity contribution < 1.29 is 42.5 Å². The predicted molar refractivity (Wildman–Crippen MR) is 154 cm³/mol. The molecule has 3 heterocycles. The van der Waals surface area contributed by atoms with Crippen molar-refractivity contribution in [1.29, 1.82) is 0 Å². The number of nitrogens with one attached hydrogen (secondary N) is 1. The van der Waals surface area contributed by atoms with Gasteiger partial charge in [-0.15, -0.1) is 0 Å². The average molecular weight is 589 g/mol. The van der Waals surface area contributed by atoms with Crippen LogP contribution in [0.25, 0.3) is 6.08 Å². The van der Waals surface area contributed by atoms with Crippen molar-refractivity contribution in [1.82, 2.24) is 10.3 Å². The molecule has 11 heteroatoms. The van der Waals surface area contributed by atoms with Gasteiger partial charge in [0.1, 0.15) is 18.5 Å². The van der Waals surface area contributed by atoms with Crippen LogP contribution in [0.2, 0.25) is 0 Å². The Hall–Kier alpha value is -3.44. The highest BCUT2D eigenvalue weighted by Gasteiger charge is 2.33. The van der Waals surface area contributed by atoms with Crippen LogP contribution in [0, 0.1) is 0 Å². The number of methoxy groups -OCH3 is 2. The van der Waals surface area contributed by atoms with Crippen LogP contribution in [0.15, 0.2) is 40.6 Å². The Bertz CT molecular complexity index is 1110. The molecule has 5 atom stereocenters. The third kappa shape index (κ3) is 11.8. The summed E-state index contributed by atoms with van der Waals surface area (Å²) < 4.78 is 33.3. The van der Waals surface area contributed by atoms with Crippen molar-refractivity contribution in [3.8, 4) is 0 Å². The van der Waals surface area contributed by atoms with Crippen molar-refractivity contribution in [2.75, 3.05) is 20.8 Å². The van der Waals surface area contributed by atoms with Gasteiger partial charge in [0.25, 0.3) is 0 Å². The molecule has 1 fully saturated rings. The van der Waals surface area contributed by atoms with E-state index in [0.29, 0.717) is 44.4 Å². The third-order valence-electron chi connectivity index (χ3n) is 7.05. The second kappa shape index (κ2) is 17.5. The fraction of sp³-hybridized carbons (Fsp3) is 0.613. The monoisotopic (exact) mass is 588 g/mol. The maximum Gasteiger partial charge on any atom is 0.407 e. The maximum absolute atomic E-state index is 12.8. The molecule has 1 aromatic rings. The molecule has 2 bridgehead atoms. The molecule has 3 rings (SSSR count). The third-order valence-corrected chi connectivity index (χ3v) is 7.05. The van der Waals surface area contributed by atoms with Crippen LogP contribution in [-0.2, 0) is 39.7 Å². The summed E-state index contributed by atoms with van der Waals surface area (Å²) in [5.41, 5.74) is 1.87. The largest absolute Gasteiger partial charge is 0.462 e. The molecule has 0 spiro atoms. The highest BCUT2D eigenvalue weighted by molar-refractivity contribution is 5.82. The van der Waals surface area contributed by atoms with E-state index in [4.69, 9.17) is 23.4 Å². The number of carbonyl (C=O) groups excluding carboxylic acids is 3. The first kappa shape index (κ1) is 33.1. The summed E-state index contributed by atoms with van der Waals surface area (Å²) in [7, 11) is 2.98. The molecular formula is C31H44N2O9. The Morgan fingerprint density at radius 2 is 1.98 bits per heavy atom. The van der Waals surface area contributed by atoms with Crippen LogP contribution >= 0.6 is 0 Å². The summed E-state index contributed by atoms with van der Waals surface area (Å²) in [6.07, 6.45) is 13.6. The number of carbonyl (C=O) groups is 3. The first-order valence-corrected chi connectivity index (χ1v) is 14.6. The van der Waals surface area contributed by atoms with Crippen LogP contribution in [0.3, 0.4) is 0 Å². The second-order valence-electron chi connectivity index (χ2n) is 10.6. The molecule has 1 aromatic heterocycles. The number of oxazole rings is 1. The highest BCUT2D eigenvalue weighted by Crippen LogP contribution is 2.29. The van der Waals surface area contributed by atoms with Gasteiger partial charge < -0.3 is 33.4 Å². The zero-order valence-electron chi connectivity index (χ0n) is 25.0. The quantitative estimate of drug-likeness (QED) is 0.165. The predicted octanol–water partition coefficient (Wildman–Crippen LogP) is 4.85. The van der Waals surface area contributed by atoms with Crippen molar-refractivity contribution in [3.63, 3.8) is 0 Å². The average Bonchev–Trinajstić information content (AvgIpc) is 3.39. The molecule has 11 nitrogen and oxygen atoms in total. The first-order chi connectivity index (χ1) is 20.3. The highest BCUT2D eigenvalue weighted by atomic mass is 16.6. The van der Waals surface area contributed by atoms with E-state index in [2.05, 4.69) is 28.0 Å². The SMILES string of the molecule is CCC[C@@H]1C[C@H](OC)C/C(C)=C\[C@H]2C[C@H](OC(=O)/C=C\CCc3coc(/C=C\CNC(=O)OC)n3)C[C@H](CC(=O)O1)O2. The number of esters is 2. The summed E-state index contributed by atoms with van der Waals surface area (Å²) in [6.45, 7) is 4.40. The molecular weight excluding hydrogens is 544 g/mol. The molecule has 0 radical (unpaired) electrons. The van der Waals surface area contributed by atoms with E-state index in [-0.39, 0.29) is 43.4 Å². The number of amides is 1. The Balaban J connectivity index is 1.51. The number of ether oxygens (including phenoxy) is 5. The van der Waals surface area contributed by atoms with Gasteiger partial charge in [-0.25, -0.2) is 14.6 Å². The molecule has 1 saturated heterocycles. The number of nitrogens with zero attached hydrogens (tertiary/aromatic N) is 1. The van der Waals surface area contributed by atoms with Crippen molar-refractivity contribution in [2.45, 2.75) is 102 Å². The van der Waals surface area contributed by atoms with Gasteiger partial charge in [-0.05, 0) is 38.7 Å². The van der Waals surface area contributed by atoms with Gasteiger partial charge in [0, 0.05) is 39.0 Å². The van der Waals surface area contributed by atoms with Crippen molar-refractivity contribution in [3.05, 3.63) is 47.7 Å². The molecule has 1 N–H and O–H groups in total. The van der Waals surface area contributed by atoms with Gasteiger partial charge in [0.05, 0.1) is 37.5 Å². The van der Waals surface area contributed by atoms with Gasteiger partial charge in [0.15, 0.2) is 0 Å². The Morgan fingerprint density at radius 3 is 2.74 bits per heavy atom. The Morgan fingerprint density at radius 1 is 1.14 bits per heavy atom.